The third-order valence-electron chi connectivity index (χ3n) is 3.72. The van der Waals surface area contributed by atoms with Crippen LogP contribution in [0.5, 0.6) is 11.8 Å². The Balaban J connectivity index is 2.34. The Hall–Kier alpha value is -3.48. The Morgan fingerprint density at radius 2 is 1.67 bits per heavy atom. The summed E-state index contributed by atoms with van der Waals surface area (Å²) in [6.45, 7) is 1.78. The van der Waals surface area contributed by atoms with E-state index in [2.05, 4.69) is 20.3 Å². The highest BCUT2D eigenvalue weighted by atomic mass is 32.2. The van der Waals surface area contributed by atoms with E-state index in [9.17, 15) is 18.0 Å². The number of pyridine rings is 1. The zero-order valence-corrected chi connectivity index (χ0v) is 17.9. The summed E-state index contributed by atoms with van der Waals surface area (Å²) in [5.41, 5.74) is 0.267. The molecule has 0 aromatic carbocycles. The fraction of sp³-hybridized carbons (Fsp3) is 0.353. The third kappa shape index (κ3) is 5.31. The zero-order chi connectivity index (χ0) is 22.5. The fourth-order valence-electron chi connectivity index (χ4n) is 2.25. The summed E-state index contributed by atoms with van der Waals surface area (Å²) in [5, 5.41) is 1.63. The van der Waals surface area contributed by atoms with Crippen LogP contribution in [-0.4, -0.2) is 68.5 Å². The maximum absolute atomic E-state index is 12.8. The number of carbonyl (C=O) groups excluding carboxylic acids is 2. The second-order valence-corrected chi connectivity index (χ2v) is 7.64. The van der Waals surface area contributed by atoms with Crippen LogP contribution in [0.4, 0.5) is 10.7 Å². The average Bonchev–Trinajstić information content (AvgIpc) is 2.71. The van der Waals surface area contributed by atoms with Crippen molar-refractivity contribution in [3.05, 3.63) is 29.5 Å². The molecule has 13 heteroatoms. The predicted octanol–water partition coefficient (Wildman–Crippen LogP) is 0.663. The van der Waals surface area contributed by atoms with Crippen LogP contribution in [0.15, 0.2) is 23.2 Å². The predicted molar refractivity (Wildman–Crippen MR) is 106 cm³/mol. The van der Waals surface area contributed by atoms with Gasteiger partial charge in [-0.3, -0.25) is 10.1 Å². The van der Waals surface area contributed by atoms with Crippen molar-refractivity contribution in [2.24, 2.45) is 0 Å². The van der Waals surface area contributed by atoms with Crippen LogP contribution in [0.1, 0.15) is 23.0 Å². The Kier molecular flexibility index (Phi) is 7.10. The van der Waals surface area contributed by atoms with Gasteiger partial charge >= 0.3 is 6.03 Å². The van der Waals surface area contributed by atoms with Crippen molar-refractivity contribution in [3.63, 3.8) is 0 Å². The van der Waals surface area contributed by atoms with E-state index in [1.165, 1.54) is 45.3 Å². The number of rotatable bonds is 7. The maximum atomic E-state index is 12.8. The van der Waals surface area contributed by atoms with E-state index in [1.807, 2.05) is 4.72 Å². The Morgan fingerprint density at radius 3 is 2.17 bits per heavy atom. The number of carbonyl (C=O) groups is 2. The molecule has 2 aromatic heterocycles. The lowest BCUT2D eigenvalue weighted by Gasteiger charge is -2.15. The highest BCUT2D eigenvalue weighted by molar-refractivity contribution is 7.90. The molecule has 3 amide bonds. The number of nitrogens with zero attached hydrogens (tertiary/aromatic N) is 4. The van der Waals surface area contributed by atoms with Gasteiger partial charge in [-0.1, -0.05) is 6.92 Å². The summed E-state index contributed by atoms with van der Waals surface area (Å²) in [7, 11) is 1.16. The molecule has 0 saturated carbocycles. The molecule has 0 spiro atoms. The minimum atomic E-state index is -4.49. The molecule has 2 heterocycles. The molecule has 0 aliphatic heterocycles. The lowest BCUT2D eigenvalue weighted by atomic mass is 10.2. The summed E-state index contributed by atoms with van der Waals surface area (Å²) in [5.74, 6) is -0.641. The monoisotopic (exact) mass is 438 g/mol. The average molecular weight is 438 g/mol. The van der Waals surface area contributed by atoms with Crippen molar-refractivity contribution in [3.8, 4) is 11.8 Å². The van der Waals surface area contributed by atoms with E-state index in [4.69, 9.17) is 9.47 Å². The number of ether oxygens (including phenoxy) is 2. The number of sulfonamides is 1. The second-order valence-electron chi connectivity index (χ2n) is 6.04. The quantitative estimate of drug-likeness (QED) is 0.635. The van der Waals surface area contributed by atoms with Crippen LogP contribution in [0.2, 0.25) is 0 Å². The molecule has 12 nitrogen and oxygen atoms in total. The molecule has 2 rings (SSSR count). The van der Waals surface area contributed by atoms with Crippen LogP contribution in [0.3, 0.4) is 0 Å². The Morgan fingerprint density at radius 1 is 1.07 bits per heavy atom. The number of nitrogens with one attached hydrogen (secondary N) is 2. The molecule has 2 aromatic rings. The van der Waals surface area contributed by atoms with Gasteiger partial charge in [0, 0.05) is 19.8 Å². The number of aromatic nitrogens is 3. The minimum Gasteiger partial charge on any atom is -0.481 e. The smallest absolute Gasteiger partial charge is 0.335 e. The normalized spacial score (nSPS) is 10.8. The first kappa shape index (κ1) is 22.8. The van der Waals surface area contributed by atoms with Crippen LogP contribution in [0.25, 0.3) is 0 Å². The fourth-order valence-corrected chi connectivity index (χ4v) is 3.32. The summed E-state index contributed by atoms with van der Waals surface area (Å²) in [4.78, 5) is 37.7. The maximum Gasteiger partial charge on any atom is 0.335 e. The van der Waals surface area contributed by atoms with Gasteiger partial charge in [-0.15, -0.1) is 0 Å². The van der Waals surface area contributed by atoms with Gasteiger partial charge in [0.15, 0.2) is 5.03 Å². The summed E-state index contributed by atoms with van der Waals surface area (Å²) >= 11 is 0. The summed E-state index contributed by atoms with van der Waals surface area (Å²) in [6.07, 6.45) is 0.433. The van der Waals surface area contributed by atoms with Crippen molar-refractivity contribution in [2.75, 3.05) is 33.6 Å². The number of hydrogen-bond acceptors (Lipinski definition) is 9. The SMILES string of the molecule is CCc1ccc(C(=O)N(C)C)c(S(=O)(=O)NC(=O)Nc2nc(OC)cc(OC)n2)n1. The van der Waals surface area contributed by atoms with E-state index in [1.54, 1.807) is 13.0 Å². The summed E-state index contributed by atoms with van der Waals surface area (Å²) < 4.78 is 37.3. The van der Waals surface area contributed by atoms with Gasteiger partial charge < -0.3 is 14.4 Å². The van der Waals surface area contributed by atoms with Crippen molar-refractivity contribution < 1.29 is 27.5 Å². The van der Waals surface area contributed by atoms with Crippen LogP contribution >= 0.6 is 0 Å². The molecule has 0 atom stereocenters. The van der Waals surface area contributed by atoms with Crippen molar-refractivity contribution >= 4 is 27.9 Å². The first-order valence-electron chi connectivity index (χ1n) is 8.63. The number of hydrogen-bond donors (Lipinski definition) is 2. The minimum absolute atomic E-state index is 0.0937. The van der Waals surface area contributed by atoms with Gasteiger partial charge in [-0.05, 0) is 18.6 Å². The number of methoxy groups -OCH3 is 2. The summed E-state index contributed by atoms with van der Waals surface area (Å²) in [6, 6.07) is 3.12. The Labute approximate surface area is 173 Å². The molecule has 2 N–H and O–H groups in total. The first-order valence-corrected chi connectivity index (χ1v) is 10.1. The molecule has 30 heavy (non-hydrogen) atoms. The van der Waals surface area contributed by atoms with E-state index in [0.29, 0.717) is 12.1 Å². The number of aryl methyl sites for hydroxylation is 1. The van der Waals surface area contributed by atoms with Crippen LogP contribution < -0.4 is 19.5 Å². The molecule has 0 aliphatic rings. The molecule has 0 saturated heterocycles. The first-order chi connectivity index (χ1) is 14.1. The van der Waals surface area contributed by atoms with E-state index in [-0.39, 0.29) is 23.3 Å². The van der Waals surface area contributed by atoms with Gasteiger partial charge in [-0.25, -0.2) is 14.5 Å². The van der Waals surface area contributed by atoms with Gasteiger partial charge in [0.05, 0.1) is 25.8 Å². The van der Waals surface area contributed by atoms with Gasteiger partial charge in [-0.2, -0.15) is 18.4 Å². The van der Waals surface area contributed by atoms with E-state index >= 15 is 0 Å². The molecular weight excluding hydrogens is 416 g/mol. The van der Waals surface area contributed by atoms with Gasteiger partial charge in [0.25, 0.3) is 15.9 Å². The van der Waals surface area contributed by atoms with Crippen LogP contribution in [-0.2, 0) is 16.4 Å². The van der Waals surface area contributed by atoms with Crippen molar-refractivity contribution in [2.45, 2.75) is 18.4 Å². The van der Waals surface area contributed by atoms with Gasteiger partial charge in [0.1, 0.15) is 0 Å². The molecular formula is C17H22N6O6S. The van der Waals surface area contributed by atoms with Crippen LogP contribution in [0, 0.1) is 0 Å². The van der Waals surface area contributed by atoms with E-state index < -0.39 is 27.0 Å². The largest absolute Gasteiger partial charge is 0.481 e. The third-order valence-corrected chi connectivity index (χ3v) is 5.00. The topological polar surface area (TPSA) is 153 Å². The standard InChI is InChI=1S/C17H22N6O6S/c1-6-10-7-8-11(15(24)23(2)3)14(18-10)30(26,27)22-17(25)21-16-19-12(28-4)9-13(20-16)29-5/h7-9H,6H2,1-5H3,(H2,19,20,21,22,25). The zero-order valence-electron chi connectivity index (χ0n) is 17.1. The molecule has 0 fully saturated rings. The highest BCUT2D eigenvalue weighted by Crippen LogP contribution is 2.18. The lowest BCUT2D eigenvalue weighted by molar-refractivity contribution is 0.0823. The van der Waals surface area contributed by atoms with Crippen molar-refractivity contribution in [1.82, 2.24) is 24.6 Å². The van der Waals surface area contributed by atoms with E-state index in [0.717, 1.165) is 0 Å². The molecule has 0 radical (unpaired) electrons. The molecule has 162 valence electrons. The number of anilines is 1. The Bertz CT molecular complexity index is 1030. The second kappa shape index (κ2) is 9.35. The number of urea groups is 1. The van der Waals surface area contributed by atoms with Crippen molar-refractivity contribution in [1.29, 1.82) is 0 Å². The molecule has 0 bridgehead atoms. The highest BCUT2D eigenvalue weighted by Gasteiger charge is 2.28. The van der Waals surface area contributed by atoms with Gasteiger partial charge in [0.2, 0.25) is 17.7 Å². The molecule has 0 unspecified atom stereocenters. The molecule has 0 aliphatic carbocycles. The lowest BCUT2D eigenvalue weighted by Crippen LogP contribution is -2.37. The number of amides is 3.